The second-order valence-corrected chi connectivity index (χ2v) is 6.27. The lowest BCUT2D eigenvalue weighted by Gasteiger charge is -2.40. The van der Waals surface area contributed by atoms with E-state index < -0.39 is 26.5 Å². The molecule has 0 fully saturated rings. The molecule has 0 aliphatic carbocycles. The number of nitrogens with zero attached hydrogens (tertiary/aromatic N) is 1. The van der Waals surface area contributed by atoms with Gasteiger partial charge in [-0.25, -0.2) is 4.39 Å². The van der Waals surface area contributed by atoms with Crippen LogP contribution in [0.5, 0.6) is 0 Å². The van der Waals surface area contributed by atoms with Crippen molar-refractivity contribution >= 4 is 21.1 Å². The van der Waals surface area contributed by atoms with Crippen molar-refractivity contribution in [3.63, 3.8) is 0 Å². The first-order valence-electron chi connectivity index (χ1n) is 6.67. The Morgan fingerprint density at radius 2 is 1.41 bits per heavy atom. The molecule has 0 saturated carbocycles. The molecule has 2 rings (SSSR count). The molecular weight excluding hydrogens is 328 g/mol. The van der Waals surface area contributed by atoms with Crippen LogP contribution in [-0.2, 0) is 0 Å². The fourth-order valence-electron chi connectivity index (χ4n) is 1.62. The summed E-state index contributed by atoms with van der Waals surface area (Å²) in [4.78, 5) is 1.02. The molecule has 0 bridgehead atoms. The Labute approximate surface area is 126 Å². The van der Waals surface area contributed by atoms with Gasteiger partial charge in [0.15, 0.2) is 0 Å². The van der Waals surface area contributed by atoms with E-state index in [1.54, 1.807) is 0 Å². The summed E-state index contributed by atoms with van der Waals surface area (Å²) in [5.41, 5.74) is -0.696. The molecule has 1 aromatic carbocycles. The Morgan fingerprint density at radius 1 is 0.909 bits per heavy atom. The molecule has 2 aromatic rings. The van der Waals surface area contributed by atoms with Crippen LogP contribution in [0, 0.1) is 12.7 Å². The number of hydrogen-bond acceptors (Lipinski definition) is 1. The number of hydrogen-bond donors (Lipinski definition) is 0. The Balaban J connectivity index is 0.00000102. The minimum atomic E-state index is -9.97. The van der Waals surface area contributed by atoms with Crippen LogP contribution in [0.25, 0.3) is 10.9 Å². The van der Waals surface area contributed by atoms with Gasteiger partial charge in [-0.05, 0) is 30.7 Å². The van der Waals surface area contributed by atoms with E-state index in [1.165, 1.54) is 13.0 Å². The number of fused-ring (bicyclic) bond motifs is 1. The molecule has 0 spiro atoms. The Morgan fingerprint density at radius 3 is 1.86 bits per heavy atom. The van der Waals surface area contributed by atoms with Gasteiger partial charge in [-0.15, -0.1) is 0 Å². The van der Waals surface area contributed by atoms with Crippen LogP contribution in [0.4, 0.5) is 23.8 Å². The van der Waals surface area contributed by atoms with Crippen molar-refractivity contribution in [2.45, 2.75) is 39.5 Å². The van der Waals surface area contributed by atoms with Crippen molar-refractivity contribution in [1.29, 1.82) is 0 Å². The summed E-state index contributed by atoms with van der Waals surface area (Å²) in [5.74, 6) is -1.37. The summed E-state index contributed by atoms with van der Waals surface area (Å²) in [6, 6.07) is 1.86. The third kappa shape index (κ3) is 4.79. The monoisotopic (exact) mass is 347 g/mol. The number of pyridine rings is 1. The number of aromatic nitrogens is 1. The van der Waals surface area contributed by atoms with E-state index in [2.05, 4.69) is 4.98 Å². The third-order valence-corrected chi connectivity index (χ3v) is 3.55. The molecule has 0 radical (unpaired) electrons. The van der Waals surface area contributed by atoms with E-state index in [-0.39, 0.29) is 17.0 Å². The maximum absolute atomic E-state index is 13.1. The number of benzene rings is 1. The molecule has 0 unspecified atom stereocenters. The van der Waals surface area contributed by atoms with Crippen LogP contribution in [0.15, 0.2) is 29.3 Å². The molecule has 1 nitrogen and oxygen atoms in total. The molecular formula is C14H19F6NS. The van der Waals surface area contributed by atoms with E-state index in [9.17, 15) is 23.8 Å². The average molecular weight is 347 g/mol. The van der Waals surface area contributed by atoms with Crippen LogP contribution in [0.3, 0.4) is 0 Å². The number of halogens is 6. The van der Waals surface area contributed by atoms with Gasteiger partial charge in [-0.2, -0.15) is 0 Å². The predicted molar refractivity (Wildman–Crippen MR) is 80.5 cm³/mol. The van der Waals surface area contributed by atoms with Crippen LogP contribution in [0.2, 0.25) is 0 Å². The summed E-state index contributed by atoms with van der Waals surface area (Å²) in [5, 5.41) is -0.277. The SMILES string of the molecule is CC.CC.Cc1ccnc2c(S(F)(F)(F)(F)F)cc(F)cc12. The smallest absolute Gasteiger partial charge is 0.255 e. The van der Waals surface area contributed by atoms with Gasteiger partial charge in [0.1, 0.15) is 10.7 Å². The third-order valence-electron chi connectivity index (χ3n) is 2.41. The lowest BCUT2D eigenvalue weighted by Crippen LogP contribution is -2.08. The zero-order valence-corrected chi connectivity index (χ0v) is 13.7. The lowest BCUT2D eigenvalue weighted by atomic mass is 10.1. The summed E-state index contributed by atoms with van der Waals surface area (Å²) in [7, 11) is -9.97. The first kappa shape index (κ1) is 20.6. The van der Waals surface area contributed by atoms with Gasteiger partial charge in [0.25, 0.3) is 0 Å². The Kier molecular flexibility index (Phi) is 5.59. The quantitative estimate of drug-likeness (QED) is 0.490. The van der Waals surface area contributed by atoms with Gasteiger partial charge in [0, 0.05) is 11.6 Å². The molecule has 0 atom stereocenters. The molecule has 0 N–H and O–H groups in total. The maximum atomic E-state index is 13.1. The lowest BCUT2D eigenvalue weighted by molar-refractivity contribution is 0.364. The second kappa shape index (κ2) is 5.98. The van der Waals surface area contributed by atoms with Gasteiger partial charge in [0.05, 0.1) is 5.52 Å². The van der Waals surface area contributed by atoms with Crippen molar-refractivity contribution in [1.82, 2.24) is 4.98 Å². The van der Waals surface area contributed by atoms with Crippen molar-refractivity contribution < 1.29 is 23.8 Å². The minimum Gasteiger partial charge on any atom is -0.255 e. The first-order chi connectivity index (χ1) is 9.88. The van der Waals surface area contributed by atoms with Gasteiger partial charge in [-0.3, -0.25) is 4.98 Å². The molecule has 0 aliphatic rings. The summed E-state index contributed by atoms with van der Waals surface area (Å²) < 4.78 is 77.0. The first-order valence-corrected chi connectivity index (χ1v) is 8.62. The van der Waals surface area contributed by atoms with Gasteiger partial charge in [0.2, 0.25) is 0 Å². The molecule has 0 amide bonds. The van der Waals surface area contributed by atoms with Crippen LogP contribution >= 0.6 is 10.2 Å². The van der Waals surface area contributed by atoms with Crippen LogP contribution < -0.4 is 0 Å². The molecule has 0 saturated heterocycles. The summed E-state index contributed by atoms with van der Waals surface area (Å²) >= 11 is 0. The minimum absolute atomic E-state index is 0.212. The Hall–Kier alpha value is -1.44. The van der Waals surface area contributed by atoms with E-state index in [4.69, 9.17) is 0 Å². The predicted octanol–water partition coefficient (Wildman–Crippen LogP) is 7.39. The maximum Gasteiger partial charge on any atom is 0.312 e. The van der Waals surface area contributed by atoms with E-state index in [1.807, 2.05) is 27.7 Å². The average Bonchev–Trinajstić information content (AvgIpc) is 2.41. The van der Waals surface area contributed by atoms with Crippen LogP contribution in [-0.4, -0.2) is 4.98 Å². The highest BCUT2D eigenvalue weighted by Crippen LogP contribution is 3.02. The van der Waals surface area contributed by atoms with Crippen molar-refractivity contribution in [3.05, 3.63) is 35.8 Å². The molecule has 128 valence electrons. The van der Waals surface area contributed by atoms with Crippen molar-refractivity contribution in [3.8, 4) is 0 Å². The zero-order chi connectivity index (χ0) is 17.8. The largest absolute Gasteiger partial charge is 0.312 e. The number of rotatable bonds is 1. The normalized spacial score (nSPS) is 14.0. The highest BCUT2D eigenvalue weighted by Gasteiger charge is 2.66. The van der Waals surface area contributed by atoms with Crippen molar-refractivity contribution in [2.75, 3.05) is 0 Å². The molecule has 1 aromatic heterocycles. The fourth-order valence-corrected chi connectivity index (χ4v) is 2.48. The summed E-state index contributed by atoms with van der Waals surface area (Å²) in [6.07, 6.45) is 0.975. The van der Waals surface area contributed by atoms with E-state index in [0.29, 0.717) is 0 Å². The second-order valence-electron chi connectivity index (χ2n) is 3.90. The molecule has 1 heterocycles. The highest BCUT2D eigenvalue weighted by atomic mass is 32.5. The molecule has 22 heavy (non-hydrogen) atoms. The van der Waals surface area contributed by atoms with Gasteiger partial charge < -0.3 is 0 Å². The van der Waals surface area contributed by atoms with Gasteiger partial charge in [-0.1, -0.05) is 47.1 Å². The number of aryl methyl sites for hydroxylation is 1. The van der Waals surface area contributed by atoms with Crippen molar-refractivity contribution in [2.24, 2.45) is 0 Å². The zero-order valence-electron chi connectivity index (χ0n) is 12.9. The molecule has 0 aliphatic heterocycles. The van der Waals surface area contributed by atoms with Crippen LogP contribution in [0.1, 0.15) is 33.3 Å². The summed E-state index contributed by atoms with van der Waals surface area (Å²) in [6.45, 7) is 9.39. The fraction of sp³-hybridized carbons (Fsp3) is 0.357. The standard InChI is InChI=1S/C10H7F6NS.2C2H6/c1-6-2-3-17-10-8(6)4-7(11)5-9(10)18(12,13,14,15)16;2*1-2/h2-5H,1H3;2*1-2H3. The van der Waals surface area contributed by atoms with E-state index >= 15 is 0 Å². The van der Waals surface area contributed by atoms with E-state index in [0.717, 1.165) is 12.3 Å². The van der Waals surface area contributed by atoms with Gasteiger partial charge >= 0.3 is 10.2 Å². The molecule has 8 heteroatoms. The highest BCUT2D eigenvalue weighted by molar-refractivity contribution is 8.46. The Bertz CT molecular complexity index is 652. The topological polar surface area (TPSA) is 12.9 Å².